The van der Waals surface area contributed by atoms with Crippen molar-refractivity contribution >= 4 is 12.2 Å². The lowest BCUT2D eigenvalue weighted by Gasteiger charge is -2.29. The van der Waals surface area contributed by atoms with Crippen LogP contribution in [0.2, 0.25) is 0 Å². The molecule has 0 aliphatic heterocycles. The average Bonchev–Trinajstić information content (AvgIpc) is 3.09. The maximum absolute atomic E-state index is 11.9. The largest absolute Gasteiger partial charge is 0.443 e. The van der Waals surface area contributed by atoms with Gasteiger partial charge in [0.2, 0.25) is 0 Å². The van der Waals surface area contributed by atoms with Gasteiger partial charge >= 0.3 is 12.2 Å². The standard InChI is InChI=1S/C16H27NO4/c1-3-15(9-5-6-10-15)20-13(18)17-14(19)21-16(4-2)11-7-8-12-16/h3-12H2,1-2H3,(H,17,18,19). The molecule has 0 bridgehead atoms. The number of imide groups is 1. The summed E-state index contributed by atoms with van der Waals surface area (Å²) in [7, 11) is 0. The molecule has 1 N–H and O–H groups in total. The lowest BCUT2D eigenvalue weighted by Crippen LogP contribution is -2.42. The van der Waals surface area contributed by atoms with Gasteiger partial charge in [0.25, 0.3) is 0 Å². The Bertz CT molecular complexity index is 346. The van der Waals surface area contributed by atoms with Crippen molar-refractivity contribution in [2.24, 2.45) is 0 Å². The molecule has 0 atom stereocenters. The Morgan fingerprint density at radius 3 is 1.43 bits per heavy atom. The van der Waals surface area contributed by atoms with Crippen molar-refractivity contribution in [3.8, 4) is 0 Å². The third-order valence-corrected chi connectivity index (χ3v) is 5.14. The van der Waals surface area contributed by atoms with Gasteiger partial charge in [0.15, 0.2) is 0 Å². The van der Waals surface area contributed by atoms with Crippen LogP contribution in [0.4, 0.5) is 9.59 Å². The molecule has 0 aromatic heterocycles. The van der Waals surface area contributed by atoms with Gasteiger partial charge in [-0.15, -0.1) is 0 Å². The van der Waals surface area contributed by atoms with Gasteiger partial charge in [0.05, 0.1) is 0 Å². The van der Waals surface area contributed by atoms with Crippen LogP contribution in [0, 0.1) is 0 Å². The molecule has 5 heteroatoms. The van der Waals surface area contributed by atoms with Crippen molar-refractivity contribution in [1.82, 2.24) is 5.32 Å². The first kappa shape index (κ1) is 16.1. The van der Waals surface area contributed by atoms with Crippen LogP contribution in [0.5, 0.6) is 0 Å². The molecule has 2 aliphatic carbocycles. The number of hydrogen-bond donors (Lipinski definition) is 1. The Labute approximate surface area is 126 Å². The van der Waals surface area contributed by atoms with Crippen LogP contribution >= 0.6 is 0 Å². The van der Waals surface area contributed by atoms with E-state index < -0.39 is 12.2 Å². The third-order valence-electron chi connectivity index (χ3n) is 5.14. The molecule has 0 radical (unpaired) electrons. The highest BCUT2D eigenvalue weighted by Crippen LogP contribution is 2.37. The van der Waals surface area contributed by atoms with Crippen molar-refractivity contribution in [2.45, 2.75) is 89.3 Å². The van der Waals surface area contributed by atoms with Gasteiger partial charge < -0.3 is 9.47 Å². The number of amides is 2. The number of rotatable bonds is 4. The SMILES string of the molecule is CCC1(OC(=O)NC(=O)OC2(CC)CCCC2)CCCC1. The van der Waals surface area contributed by atoms with Gasteiger partial charge in [0, 0.05) is 0 Å². The van der Waals surface area contributed by atoms with Crippen LogP contribution in [0.15, 0.2) is 0 Å². The maximum Gasteiger partial charge on any atom is 0.417 e. The highest BCUT2D eigenvalue weighted by molar-refractivity contribution is 5.87. The highest BCUT2D eigenvalue weighted by atomic mass is 16.6. The molecule has 0 heterocycles. The summed E-state index contributed by atoms with van der Waals surface area (Å²) in [6, 6.07) is 0. The first-order chi connectivity index (χ1) is 10.0. The van der Waals surface area contributed by atoms with Crippen molar-refractivity contribution in [1.29, 1.82) is 0 Å². The van der Waals surface area contributed by atoms with Gasteiger partial charge in [0.1, 0.15) is 11.2 Å². The molecule has 0 aromatic carbocycles. The Balaban J connectivity index is 1.83. The van der Waals surface area contributed by atoms with Crippen LogP contribution in [0.25, 0.3) is 0 Å². The number of hydrogen-bond acceptors (Lipinski definition) is 4. The van der Waals surface area contributed by atoms with E-state index in [0.29, 0.717) is 0 Å². The van der Waals surface area contributed by atoms with Gasteiger partial charge in [-0.25, -0.2) is 14.9 Å². The summed E-state index contributed by atoms with van der Waals surface area (Å²) in [6.07, 6.45) is 8.04. The van der Waals surface area contributed by atoms with Crippen LogP contribution in [0.1, 0.15) is 78.1 Å². The van der Waals surface area contributed by atoms with Crippen LogP contribution in [0.3, 0.4) is 0 Å². The number of alkyl carbamates (subject to hydrolysis) is 2. The van der Waals surface area contributed by atoms with E-state index in [9.17, 15) is 9.59 Å². The van der Waals surface area contributed by atoms with E-state index >= 15 is 0 Å². The van der Waals surface area contributed by atoms with Gasteiger partial charge in [-0.05, 0) is 64.2 Å². The molecule has 2 amide bonds. The second-order valence-corrected chi connectivity index (χ2v) is 6.39. The Hall–Kier alpha value is -1.26. The second kappa shape index (κ2) is 6.67. The fraction of sp³-hybridized carbons (Fsp3) is 0.875. The molecular weight excluding hydrogens is 270 g/mol. The molecule has 2 aliphatic rings. The van der Waals surface area contributed by atoms with Crippen molar-refractivity contribution in [3.05, 3.63) is 0 Å². The number of nitrogens with one attached hydrogen (secondary N) is 1. The Kier molecular flexibility index (Phi) is 5.12. The smallest absolute Gasteiger partial charge is 0.417 e. The van der Waals surface area contributed by atoms with E-state index in [4.69, 9.17) is 9.47 Å². The maximum atomic E-state index is 11.9. The van der Waals surface area contributed by atoms with Gasteiger partial charge in [-0.2, -0.15) is 0 Å². The predicted molar refractivity (Wildman–Crippen MR) is 79.1 cm³/mol. The first-order valence-corrected chi connectivity index (χ1v) is 8.26. The van der Waals surface area contributed by atoms with E-state index in [1.165, 1.54) is 0 Å². The Morgan fingerprint density at radius 2 is 1.14 bits per heavy atom. The summed E-state index contributed by atoms with van der Waals surface area (Å²) < 4.78 is 11.0. The molecule has 2 saturated carbocycles. The number of ether oxygens (including phenoxy) is 2. The van der Waals surface area contributed by atoms with E-state index in [1.54, 1.807) is 0 Å². The van der Waals surface area contributed by atoms with E-state index in [0.717, 1.165) is 64.2 Å². The lowest BCUT2D eigenvalue weighted by atomic mass is 9.99. The van der Waals surface area contributed by atoms with Crippen LogP contribution < -0.4 is 5.32 Å². The summed E-state index contributed by atoms with van der Waals surface area (Å²) in [4.78, 5) is 23.8. The number of carbonyl (C=O) groups is 2. The van der Waals surface area contributed by atoms with Crippen molar-refractivity contribution in [3.63, 3.8) is 0 Å². The quantitative estimate of drug-likeness (QED) is 0.840. The molecule has 0 spiro atoms. The summed E-state index contributed by atoms with van der Waals surface area (Å²) in [5.74, 6) is 0. The molecule has 0 unspecified atom stereocenters. The average molecular weight is 297 g/mol. The summed E-state index contributed by atoms with van der Waals surface area (Å²) >= 11 is 0. The highest BCUT2D eigenvalue weighted by Gasteiger charge is 2.38. The zero-order valence-corrected chi connectivity index (χ0v) is 13.2. The molecule has 2 fully saturated rings. The zero-order chi connectivity index (χ0) is 15.3. The normalized spacial score (nSPS) is 22.8. The second-order valence-electron chi connectivity index (χ2n) is 6.39. The number of carbonyl (C=O) groups excluding carboxylic acids is 2. The molecule has 0 aromatic rings. The van der Waals surface area contributed by atoms with E-state index in [-0.39, 0.29) is 11.2 Å². The van der Waals surface area contributed by atoms with Crippen molar-refractivity contribution in [2.75, 3.05) is 0 Å². The monoisotopic (exact) mass is 297 g/mol. The van der Waals surface area contributed by atoms with Gasteiger partial charge in [-0.1, -0.05) is 13.8 Å². The molecule has 5 nitrogen and oxygen atoms in total. The molecule has 2 rings (SSSR count). The lowest BCUT2D eigenvalue weighted by molar-refractivity contribution is -0.00189. The summed E-state index contributed by atoms with van der Waals surface area (Å²) in [6.45, 7) is 4.03. The van der Waals surface area contributed by atoms with Crippen LogP contribution in [-0.4, -0.2) is 23.4 Å². The first-order valence-electron chi connectivity index (χ1n) is 8.26. The minimum atomic E-state index is -0.673. The van der Waals surface area contributed by atoms with Gasteiger partial charge in [-0.3, -0.25) is 0 Å². The molecular formula is C16H27NO4. The Morgan fingerprint density at radius 1 is 0.810 bits per heavy atom. The molecule has 120 valence electrons. The van der Waals surface area contributed by atoms with Crippen molar-refractivity contribution < 1.29 is 19.1 Å². The minimum absolute atomic E-state index is 0.389. The topological polar surface area (TPSA) is 64.6 Å². The summed E-state index contributed by atoms with van der Waals surface area (Å²) in [5, 5.41) is 2.23. The molecule has 0 saturated heterocycles. The summed E-state index contributed by atoms with van der Waals surface area (Å²) in [5.41, 5.74) is -0.777. The fourth-order valence-electron chi connectivity index (χ4n) is 3.62. The van der Waals surface area contributed by atoms with Crippen LogP contribution in [-0.2, 0) is 9.47 Å². The zero-order valence-electron chi connectivity index (χ0n) is 13.2. The fourth-order valence-corrected chi connectivity index (χ4v) is 3.62. The predicted octanol–water partition coefficient (Wildman–Crippen LogP) is 4.29. The van der Waals surface area contributed by atoms with E-state index in [2.05, 4.69) is 5.32 Å². The molecule has 21 heavy (non-hydrogen) atoms. The minimum Gasteiger partial charge on any atom is -0.443 e. The third kappa shape index (κ3) is 3.89. The van der Waals surface area contributed by atoms with E-state index in [1.807, 2.05) is 13.8 Å².